The van der Waals surface area contributed by atoms with Crippen LogP contribution in [0.5, 0.6) is 0 Å². The van der Waals surface area contributed by atoms with Crippen molar-refractivity contribution in [2.45, 2.75) is 25.5 Å². The molecule has 0 amide bonds. The van der Waals surface area contributed by atoms with Gasteiger partial charge in [0.15, 0.2) is 0 Å². The predicted octanol–water partition coefficient (Wildman–Crippen LogP) is 0.653. The van der Waals surface area contributed by atoms with Crippen molar-refractivity contribution in [1.29, 1.82) is 0 Å². The number of sulfonamides is 1. The summed E-state index contributed by atoms with van der Waals surface area (Å²) in [5.74, 6) is 0. The Morgan fingerprint density at radius 3 is 2.62 bits per heavy atom. The predicted molar refractivity (Wildman–Crippen MR) is 68.1 cm³/mol. The molecule has 1 heterocycles. The quantitative estimate of drug-likeness (QED) is 0.769. The zero-order valence-corrected chi connectivity index (χ0v) is 11.2. The molecule has 6 nitrogen and oxygen atoms in total. The second-order valence-corrected chi connectivity index (χ2v) is 6.59. The molecule has 1 aromatic heterocycles. The monoisotopic (exact) mass is 280 g/mol. The van der Waals surface area contributed by atoms with Gasteiger partial charge in [0.1, 0.15) is 10.3 Å². The molecule has 0 bridgehead atoms. The molecule has 0 aromatic carbocycles. The topological polar surface area (TPSA) is 98.0 Å². The maximum absolute atomic E-state index is 11.8. The molecule has 3 N–H and O–H groups in total. The van der Waals surface area contributed by atoms with Crippen LogP contribution in [0.3, 0.4) is 0 Å². The molecule has 0 saturated carbocycles. The summed E-state index contributed by atoms with van der Waals surface area (Å²) in [6, 6.07) is 0. The van der Waals surface area contributed by atoms with E-state index in [2.05, 4.69) is 14.9 Å². The molecule has 1 unspecified atom stereocenters. The molecule has 0 saturated heterocycles. The average Bonchev–Trinajstić information content (AvgIpc) is 2.49. The number of nitrogens with two attached hydrogens (primary N) is 1. The molecule has 9 heteroatoms. The third kappa shape index (κ3) is 3.09. The lowest BCUT2D eigenvalue weighted by Gasteiger charge is -2.13. The smallest absolute Gasteiger partial charge is 0.243 e. The first kappa shape index (κ1) is 13.3. The van der Waals surface area contributed by atoms with Gasteiger partial charge in [-0.1, -0.05) is 30.5 Å². The zero-order valence-electron chi connectivity index (χ0n) is 8.80. The van der Waals surface area contributed by atoms with Crippen LogP contribution in [-0.2, 0) is 10.0 Å². The Balaban J connectivity index is 2.90. The van der Waals surface area contributed by atoms with Crippen LogP contribution in [0, 0.1) is 6.92 Å². The van der Waals surface area contributed by atoms with Gasteiger partial charge in [-0.05, 0) is 13.3 Å². The first-order chi connectivity index (χ1) is 7.36. The number of nitrogens with zero attached hydrogens (tertiary/aromatic N) is 2. The van der Waals surface area contributed by atoms with E-state index in [0.717, 1.165) is 11.3 Å². The standard InChI is InChI=1S/C7H12N4O2S3/c1-3-5(6(8)14)16(12,13)11-7-10-9-4(2)15-7/h5H,3H2,1-2H3,(H2,8,14)(H,10,11). The van der Waals surface area contributed by atoms with E-state index < -0.39 is 15.3 Å². The summed E-state index contributed by atoms with van der Waals surface area (Å²) in [6.07, 6.45) is 0.322. The Morgan fingerprint density at radius 1 is 1.62 bits per heavy atom. The van der Waals surface area contributed by atoms with Crippen molar-refractivity contribution in [3.8, 4) is 0 Å². The van der Waals surface area contributed by atoms with E-state index in [0.29, 0.717) is 11.4 Å². The van der Waals surface area contributed by atoms with Crippen molar-refractivity contribution in [3.05, 3.63) is 5.01 Å². The van der Waals surface area contributed by atoms with Gasteiger partial charge in [-0.25, -0.2) is 8.42 Å². The van der Waals surface area contributed by atoms with E-state index in [4.69, 9.17) is 18.0 Å². The van der Waals surface area contributed by atoms with Gasteiger partial charge < -0.3 is 5.73 Å². The lowest BCUT2D eigenvalue weighted by molar-refractivity contribution is 0.594. The number of anilines is 1. The fraction of sp³-hybridized carbons (Fsp3) is 0.571. The second-order valence-electron chi connectivity index (χ2n) is 3.07. The summed E-state index contributed by atoms with van der Waals surface area (Å²) in [6.45, 7) is 3.44. The van der Waals surface area contributed by atoms with Crippen molar-refractivity contribution in [3.63, 3.8) is 0 Å². The highest BCUT2D eigenvalue weighted by atomic mass is 32.2. The van der Waals surface area contributed by atoms with E-state index in [-0.39, 0.29) is 10.1 Å². The largest absolute Gasteiger partial charge is 0.392 e. The Kier molecular flexibility index (Phi) is 4.16. The molecule has 0 radical (unpaired) electrons. The minimum absolute atomic E-state index is 0.0452. The van der Waals surface area contributed by atoms with Crippen molar-refractivity contribution in [2.75, 3.05) is 4.72 Å². The lowest BCUT2D eigenvalue weighted by Crippen LogP contribution is -2.37. The Morgan fingerprint density at radius 2 is 2.25 bits per heavy atom. The van der Waals surface area contributed by atoms with Crippen LogP contribution in [0.25, 0.3) is 0 Å². The van der Waals surface area contributed by atoms with Gasteiger partial charge in [0.25, 0.3) is 0 Å². The molecule has 0 aliphatic carbocycles. The maximum atomic E-state index is 11.8. The Labute approximate surface area is 103 Å². The minimum Gasteiger partial charge on any atom is -0.392 e. The van der Waals surface area contributed by atoms with E-state index in [1.54, 1.807) is 13.8 Å². The maximum Gasteiger partial charge on any atom is 0.243 e. The SMILES string of the molecule is CCC(C(N)=S)S(=O)(=O)Nc1nnc(C)s1. The summed E-state index contributed by atoms with van der Waals surface area (Å²) >= 11 is 5.87. The highest BCUT2D eigenvalue weighted by Gasteiger charge is 2.27. The molecule has 0 spiro atoms. The molecular weight excluding hydrogens is 268 g/mol. The van der Waals surface area contributed by atoms with Crippen LogP contribution in [0.1, 0.15) is 18.4 Å². The molecule has 0 aliphatic rings. The van der Waals surface area contributed by atoms with Gasteiger partial charge in [-0.2, -0.15) is 0 Å². The van der Waals surface area contributed by atoms with Crippen molar-refractivity contribution >= 4 is 43.7 Å². The summed E-state index contributed by atoms with van der Waals surface area (Å²) in [5.41, 5.74) is 5.37. The van der Waals surface area contributed by atoms with Gasteiger partial charge in [0, 0.05) is 0 Å². The van der Waals surface area contributed by atoms with E-state index in [9.17, 15) is 8.42 Å². The number of aromatic nitrogens is 2. The number of hydrogen-bond acceptors (Lipinski definition) is 6. The fourth-order valence-corrected chi connectivity index (χ4v) is 3.78. The highest BCUT2D eigenvalue weighted by Crippen LogP contribution is 2.18. The number of hydrogen-bond donors (Lipinski definition) is 2. The van der Waals surface area contributed by atoms with E-state index in [1.165, 1.54) is 0 Å². The molecule has 90 valence electrons. The number of thiocarbonyl (C=S) groups is 1. The van der Waals surface area contributed by atoms with Crippen molar-refractivity contribution in [1.82, 2.24) is 10.2 Å². The normalized spacial score (nSPS) is 13.4. The summed E-state index contributed by atoms with van der Waals surface area (Å²) in [4.78, 5) is -0.0452. The molecule has 1 aromatic rings. The average molecular weight is 280 g/mol. The van der Waals surface area contributed by atoms with Crippen molar-refractivity contribution < 1.29 is 8.42 Å². The molecule has 0 fully saturated rings. The van der Waals surface area contributed by atoms with Crippen LogP contribution in [0.15, 0.2) is 0 Å². The summed E-state index contributed by atoms with van der Waals surface area (Å²) in [5, 5.41) is 7.41. The van der Waals surface area contributed by atoms with Gasteiger partial charge in [-0.15, -0.1) is 10.2 Å². The minimum atomic E-state index is -3.62. The zero-order chi connectivity index (χ0) is 12.3. The number of nitrogens with one attached hydrogen (secondary N) is 1. The number of rotatable bonds is 5. The summed E-state index contributed by atoms with van der Waals surface area (Å²) in [7, 11) is -3.62. The van der Waals surface area contributed by atoms with Gasteiger partial charge in [0.05, 0.1) is 4.99 Å². The molecule has 16 heavy (non-hydrogen) atoms. The lowest BCUT2D eigenvalue weighted by atomic mass is 10.3. The fourth-order valence-electron chi connectivity index (χ4n) is 1.10. The number of aryl methyl sites for hydroxylation is 1. The Hall–Kier alpha value is -0.800. The second kappa shape index (κ2) is 5.02. The van der Waals surface area contributed by atoms with Crippen LogP contribution in [0.4, 0.5) is 5.13 Å². The first-order valence-electron chi connectivity index (χ1n) is 4.48. The molecule has 1 rings (SSSR count). The molecular formula is C7H12N4O2S3. The third-order valence-electron chi connectivity index (χ3n) is 1.82. The summed E-state index contributed by atoms with van der Waals surface area (Å²) < 4.78 is 26.0. The van der Waals surface area contributed by atoms with Crippen LogP contribution in [-0.4, -0.2) is 28.9 Å². The first-order valence-corrected chi connectivity index (χ1v) is 7.25. The van der Waals surface area contributed by atoms with Crippen LogP contribution >= 0.6 is 23.6 Å². The van der Waals surface area contributed by atoms with E-state index in [1.807, 2.05) is 0 Å². The molecule has 0 aliphatic heterocycles. The third-order valence-corrected chi connectivity index (χ3v) is 4.95. The van der Waals surface area contributed by atoms with E-state index >= 15 is 0 Å². The van der Waals surface area contributed by atoms with Crippen LogP contribution < -0.4 is 10.5 Å². The van der Waals surface area contributed by atoms with Crippen molar-refractivity contribution in [2.24, 2.45) is 5.73 Å². The molecule has 1 atom stereocenters. The van der Waals surface area contributed by atoms with Gasteiger partial charge >= 0.3 is 0 Å². The highest BCUT2D eigenvalue weighted by molar-refractivity contribution is 7.95. The van der Waals surface area contributed by atoms with Gasteiger partial charge in [0.2, 0.25) is 15.2 Å². The van der Waals surface area contributed by atoms with Crippen LogP contribution in [0.2, 0.25) is 0 Å². The van der Waals surface area contributed by atoms with Gasteiger partial charge in [-0.3, -0.25) is 4.72 Å². The Bertz CT molecular complexity index is 482.